The standard InChI is InChI=1S/C28H30F3N7O2/c1-3-20-14-23(26-21(34-20)4-5-25(37-26)39-2)36-27-33-16-24(38-6-8-40-9-7-38)22(35-27)13-17-10-18(15-32)12-19(11-17)28(29,30)31/h4-5,10-12,16,20,23,34H,3,6-9,13-14H2,1-2H3,(H,33,35,36)/t20-,23+/m1/s1. The van der Waals surface area contributed by atoms with Gasteiger partial charge in [-0.15, -0.1) is 0 Å². The molecule has 1 fully saturated rings. The minimum Gasteiger partial charge on any atom is -0.481 e. The second-order valence-electron chi connectivity index (χ2n) is 9.80. The predicted molar refractivity (Wildman–Crippen MR) is 144 cm³/mol. The Morgan fingerprint density at radius 2 is 2.00 bits per heavy atom. The molecule has 2 aliphatic heterocycles. The van der Waals surface area contributed by atoms with Crippen molar-refractivity contribution < 1.29 is 22.6 Å². The molecule has 2 N–H and O–H groups in total. The van der Waals surface area contributed by atoms with Gasteiger partial charge < -0.3 is 25.0 Å². The maximum Gasteiger partial charge on any atom is 0.416 e. The number of hydrogen-bond donors (Lipinski definition) is 2. The number of pyridine rings is 1. The lowest BCUT2D eigenvalue weighted by atomic mass is 9.95. The van der Waals surface area contributed by atoms with Gasteiger partial charge in [-0.25, -0.2) is 15.0 Å². The van der Waals surface area contributed by atoms with E-state index in [2.05, 4.69) is 32.4 Å². The normalized spacial score (nSPS) is 18.9. The lowest BCUT2D eigenvalue weighted by Gasteiger charge is -2.33. The fourth-order valence-corrected chi connectivity index (χ4v) is 5.08. The summed E-state index contributed by atoms with van der Waals surface area (Å²) in [6.07, 6.45) is -1.14. The van der Waals surface area contributed by atoms with E-state index in [4.69, 9.17) is 14.5 Å². The molecule has 0 amide bonds. The van der Waals surface area contributed by atoms with Crippen LogP contribution in [0.5, 0.6) is 5.88 Å². The lowest BCUT2D eigenvalue weighted by molar-refractivity contribution is -0.137. The van der Waals surface area contributed by atoms with Crippen LogP contribution < -0.4 is 20.3 Å². The van der Waals surface area contributed by atoms with Gasteiger partial charge >= 0.3 is 6.18 Å². The maximum atomic E-state index is 13.6. The number of nitrogens with one attached hydrogen (secondary N) is 2. The highest BCUT2D eigenvalue weighted by atomic mass is 19.4. The van der Waals surface area contributed by atoms with Gasteiger partial charge in [0.05, 0.1) is 72.5 Å². The summed E-state index contributed by atoms with van der Waals surface area (Å²) in [5.74, 6) is 0.834. The molecule has 0 bridgehead atoms. The second-order valence-corrected chi connectivity index (χ2v) is 9.80. The Morgan fingerprint density at radius 3 is 2.70 bits per heavy atom. The minimum absolute atomic E-state index is 0.0536. The zero-order chi connectivity index (χ0) is 28.3. The first-order chi connectivity index (χ1) is 19.3. The summed E-state index contributed by atoms with van der Waals surface area (Å²) in [4.78, 5) is 16.1. The van der Waals surface area contributed by atoms with Crippen molar-refractivity contribution in [2.24, 2.45) is 0 Å². The van der Waals surface area contributed by atoms with Gasteiger partial charge in [0, 0.05) is 31.6 Å². The Labute approximate surface area is 230 Å². The van der Waals surface area contributed by atoms with Gasteiger partial charge in [0.2, 0.25) is 11.8 Å². The van der Waals surface area contributed by atoms with Gasteiger partial charge in [-0.05, 0) is 42.7 Å². The summed E-state index contributed by atoms with van der Waals surface area (Å²) in [7, 11) is 1.56. The van der Waals surface area contributed by atoms with Gasteiger partial charge in [-0.2, -0.15) is 18.4 Å². The molecule has 1 saturated heterocycles. The van der Waals surface area contributed by atoms with Gasteiger partial charge in [-0.3, -0.25) is 0 Å². The molecule has 5 rings (SSSR count). The Morgan fingerprint density at radius 1 is 1.20 bits per heavy atom. The first-order valence-corrected chi connectivity index (χ1v) is 13.1. The van der Waals surface area contributed by atoms with Crippen LogP contribution in [0.25, 0.3) is 0 Å². The molecule has 0 spiro atoms. The molecule has 4 heterocycles. The molecular formula is C28H30F3N7O2. The topological polar surface area (TPSA) is 108 Å². The van der Waals surface area contributed by atoms with Crippen LogP contribution in [0, 0.1) is 11.3 Å². The largest absolute Gasteiger partial charge is 0.481 e. The van der Waals surface area contributed by atoms with E-state index in [-0.39, 0.29) is 24.1 Å². The molecule has 2 aliphatic rings. The Kier molecular flexibility index (Phi) is 7.93. The number of methoxy groups -OCH3 is 1. The third kappa shape index (κ3) is 6.04. The Hall–Kier alpha value is -4.11. The molecular weight excluding hydrogens is 523 g/mol. The van der Waals surface area contributed by atoms with E-state index in [1.807, 2.05) is 12.1 Å². The molecule has 0 unspecified atom stereocenters. The molecule has 0 aliphatic carbocycles. The third-order valence-electron chi connectivity index (χ3n) is 7.13. The van der Waals surface area contributed by atoms with Crippen LogP contribution in [-0.4, -0.2) is 54.4 Å². The number of ether oxygens (including phenoxy) is 2. The highest BCUT2D eigenvalue weighted by Crippen LogP contribution is 2.36. The molecule has 0 radical (unpaired) electrons. The van der Waals surface area contributed by atoms with Crippen LogP contribution >= 0.6 is 0 Å². The van der Waals surface area contributed by atoms with Crippen LogP contribution in [-0.2, 0) is 17.3 Å². The molecule has 40 heavy (non-hydrogen) atoms. The number of benzene rings is 1. The van der Waals surface area contributed by atoms with Gasteiger partial charge in [0.1, 0.15) is 0 Å². The van der Waals surface area contributed by atoms with E-state index >= 15 is 0 Å². The molecule has 12 heteroatoms. The number of alkyl halides is 3. The van der Waals surface area contributed by atoms with E-state index < -0.39 is 11.7 Å². The van der Waals surface area contributed by atoms with Crippen LogP contribution in [0.1, 0.15) is 53.9 Å². The molecule has 3 aromatic rings. The highest BCUT2D eigenvalue weighted by molar-refractivity contribution is 5.57. The molecule has 210 valence electrons. The summed E-state index contributed by atoms with van der Waals surface area (Å²) in [6, 6.07) is 8.99. The van der Waals surface area contributed by atoms with Crippen molar-refractivity contribution in [1.29, 1.82) is 5.26 Å². The number of rotatable bonds is 7. The van der Waals surface area contributed by atoms with Crippen molar-refractivity contribution in [2.45, 2.75) is 44.4 Å². The smallest absolute Gasteiger partial charge is 0.416 e. The van der Waals surface area contributed by atoms with Crippen molar-refractivity contribution in [1.82, 2.24) is 15.0 Å². The number of nitrogens with zero attached hydrogens (tertiary/aromatic N) is 5. The number of morpholine rings is 1. The first-order valence-electron chi connectivity index (χ1n) is 13.1. The average molecular weight is 554 g/mol. The van der Waals surface area contributed by atoms with Crippen molar-refractivity contribution in [2.75, 3.05) is 48.9 Å². The van der Waals surface area contributed by atoms with Crippen LogP contribution in [0.2, 0.25) is 0 Å². The second kappa shape index (κ2) is 11.6. The fraction of sp³-hybridized carbons (Fsp3) is 0.429. The quantitative estimate of drug-likeness (QED) is 0.420. The van der Waals surface area contributed by atoms with E-state index in [0.717, 1.165) is 42.0 Å². The summed E-state index contributed by atoms with van der Waals surface area (Å²) in [5.41, 5.74) is 2.39. The van der Waals surface area contributed by atoms with Crippen molar-refractivity contribution in [3.8, 4) is 11.9 Å². The Bertz CT molecular complexity index is 1400. The van der Waals surface area contributed by atoms with E-state index in [1.54, 1.807) is 19.4 Å². The molecule has 2 atom stereocenters. The van der Waals surface area contributed by atoms with Gasteiger partial charge in [0.15, 0.2) is 0 Å². The highest BCUT2D eigenvalue weighted by Gasteiger charge is 2.32. The Balaban J connectivity index is 1.51. The van der Waals surface area contributed by atoms with Gasteiger partial charge in [-0.1, -0.05) is 6.92 Å². The number of nitriles is 1. The average Bonchev–Trinajstić information content (AvgIpc) is 2.96. The summed E-state index contributed by atoms with van der Waals surface area (Å²) in [5, 5.41) is 16.3. The summed E-state index contributed by atoms with van der Waals surface area (Å²) < 4.78 is 51.5. The first kappa shape index (κ1) is 27.5. The maximum absolute atomic E-state index is 13.6. The molecule has 0 saturated carbocycles. The zero-order valence-electron chi connectivity index (χ0n) is 22.3. The molecule has 9 nitrogen and oxygen atoms in total. The number of halogens is 3. The SMILES string of the molecule is CC[C@@H]1C[C@H](Nc2ncc(N3CCOCC3)c(Cc3cc(C#N)cc(C(F)(F)F)c3)n2)c2nc(OC)ccc2N1. The minimum atomic E-state index is -4.57. The van der Waals surface area contributed by atoms with Crippen molar-refractivity contribution in [3.05, 3.63) is 64.6 Å². The molecule has 2 aromatic heterocycles. The molecule has 1 aromatic carbocycles. The lowest BCUT2D eigenvalue weighted by Crippen LogP contribution is -2.37. The number of hydrogen-bond acceptors (Lipinski definition) is 9. The summed E-state index contributed by atoms with van der Waals surface area (Å²) >= 11 is 0. The van der Waals surface area contributed by atoms with Crippen LogP contribution in [0.3, 0.4) is 0 Å². The van der Waals surface area contributed by atoms with E-state index in [9.17, 15) is 18.4 Å². The fourth-order valence-electron chi connectivity index (χ4n) is 5.08. The monoisotopic (exact) mass is 553 g/mol. The number of fused-ring (bicyclic) bond motifs is 1. The van der Waals surface area contributed by atoms with Crippen LogP contribution in [0.15, 0.2) is 36.5 Å². The van der Waals surface area contributed by atoms with E-state index in [0.29, 0.717) is 49.4 Å². The third-order valence-corrected chi connectivity index (χ3v) is 7.13. The van der Waals surface area contributed by atoms with Crippen LogP contribution in [0.4, 0.5) is 30.5 Å². The predicted octanol–water partition coefficient (Wildman–Crippen LogP) is 4.95. The number of anilines is 3. The van der Waals surface area contributed by atoms with Crippen molar-refractivity contribution >= 4 is 17.3 Å². The van der Waals surface area contributed by atoms with Gasteiger partial charge in [0.25, 0.3) is 0 Å². The van der Waals surface area contributed by atoms with Crippen molar-refractivity contribution in [3.63, 3.8) is 0 Å². The number of aromatic nitrogens is 3. The van der Waals surface area contributed by atoms with E-state index in [1.165, 1.54) is 6.07 Å². The zero-order valence-corrected chi connectivity index (χ0v) is 22.3. The summed E-state index contributed by atoms with van der Waals surface area (Å²) in [6.45, 7) is 4.38.